The lowest BCUT2D eigenvalue weighted by Gasteiger charge is -2.44. The molecule has 10 nitrogen and oxygen atoms in total. The topological polar surface area (TPSA) is 115 Å². The van der Waals surface area contributed by atoms with E-state index in [1.807, 2.05) is 24.3 Å². The van der Waals surface area contributed by atoms with Gasteiger partial charge >= 0.3 is 5.76 Å². The van der Waals surface area contributed by atoms with Crippen LogP contribution in [0.1, 0.15) is 51.9 Å². The summed E-state index contributed by atoms with van der Waals surface area (Å²) >= 11 is 6.46. The van der Waals surface area contributed by atoms with Crippen molar-refractivity contribution in [2.24, 2.45) is 17.8 Å². The molecule has 3 aromatic heterocycles. The van der Waals surface area contributed by atoms with Gasteiger partial charge in [-0.05, 0) is 56.1 Å². The zero-order valence-corrected chi connectivity index (χ0v) is 23.4. The predicted molar refractivity (Wildman–Crippen MR) is 152 cm³/mol. The number of anilines is 1. The zero-order chi connectivity index (χ0) is 27.2. The molecule has 0 spiro atoms. The lowest BCUT2D eigenvalue weighted by molar-refractivity contribution is 0.0278. The molecule has 2 saturated heterocycles. The van der Waals surface area contributed by atoms with E-state index in [1.54, 1.807) is 0 Å². The summed E-state index contributed by atoms with van der Waals surface area (Å²) in [5.74, 6) is 2.37. The van der Waals surface area contributed by atoms with Crippen LogP contribution in [0.2, 0.25) is 5.02 Å². The van der Waals surface area contributed by atoms with Crippen LogP contribution in [-0.2, 0) is 11.3 Å². The molecular formula is C29H34ClN7O3. The summed E-state index contributed by atoms with van der Waals surface area (Å²) in [6, 6.07) is 8.05. The molecule has 1 saturated carbocycles. The first-order valence-corrected chi connectivity index (χ1v) is 14.9. The van der Waals surface area contributed by atoms with E-state index in [-0.39, 0.29) is 11.7 Å². The molecule has 210 valence electrons. The Hall–Kier alpha value is -3.24. The van der Waals surface area contributed by atoms with Gasteiger partial charge in [0.15, 0.2) is 5.65 Å². The molecule has 2 aliphatic heterocycles. The summed E-state index contributed by atoms with van der Waals surface area (Å²) in [5.41, 5.74) is 3.01. The smallest absolute Gasteiger partial charge is 0.384 e. The standard InChI is InChI=1S/C29H34ClN7O3/c1-17-7-9-18(10-8-17)15-37-24-23(19-4-2-6-21(30)14-19)31-26(27-34-35-29(38)40-27)32-25(24)33-28(37)36-12-3-5-20-16-39-13-11-22(20)36/h2,4,6,14,17-18,20,22H,3,5,7-13,15-16H2,1H3,(H,35,38). The molecule has 3 fully saturated rings. The number of benzene rings is 1. The number of piperidine rings is 1. The van der Waals surface area contributed by atoms with E-state index >= 15 is 0 Å². The Morgan fingerprint density at radius 1 is 1.10 bits per heavy atom. The first kappa shape index (κ1) is 25.7. The summed E-state index contributed by atoms with van der Waals surface area (Å²) in [7, 11) is 0. The van der Waals surface area contributed by atoms with Gasteiger partial charge in [-0.1, -0.05) is 43.5 Å². The van der Waals surface area contributed by atoms with Gasteiger partial charge in [0, 0.05) is 42.2 Å². The summed E-state index contributed by atoms with van der Waals surface area (Å²) in [5, 5.41) is 6.94. The van der Waals surface area contributed by atoms with Gasteiger partial charge in [-0.2, -0.15) is 4.98 Å². The largest absolute Gasteiger partial charge is 0.434 e. The number of rotatable bonds is 5. The fraction of sp³-hybridized carbons (Fsp3) is 0.552. The van der Waals surface area contributed by atoms with Gasteiger partial charge in [0.2, 0.25) is 11.8 Å². The first-order chi connectivity index (χ1) is 19.5. The highest BCUT2D eigenvalue weighted by Gasteiger charge is 2.37. The van der Waals surface area contributed by atoms with Crippen molar-refractivity contribution in [1.29, 1.82) is 0 Å². The van der Waals surface area contributed by atoms with Crippen LogP contribution in [-0.4, -0.2) is 55.5 Å². The highest BCUT2D eigenvalue weighted by Crippen LogP contribution is 2.39. The molecule has 0 bridgehead atoms. The molecule has 2 unspecified atom stereocenters. The molecule has 0 amide bonds. The lowest BCUT2D eigenvalue weighted by atomic mass is 9.83. The maximum atomic E-state index is 11.8. The van der Waals surface area contributed by atoms with Crippen molar-refractivity contribution in [1.82, 2.24) is 29.7 Å². The quantitative estimate of drug-likeness (QED) is 0.347. The van der Waals surface area contributed by atoms with Gasteiger partial charge in [-0.15, -0.1) is 5.10 Å². The van der Waals surface area contributed by atoms with Crippen LogP contribution in [0.15, 0.2) is 33.5 Å². The number of nitrogens with zero attached hydrogens (tertiary/aromatic N) is 6. The van der Waals surface area contributed by atoms with E-state index in [0.717, 1.165) is 62.1 Å². The summed E-state index contributed by atoms with van der Waals surface area (Å²) in [4.78, 5) is 29.2. The number of aromatic nitrogens is 6. The van der Waals surface area contributed by atoms with Gasteiger partial charge < -0.3 is 18.6 Å². The van der Waals surface area contributed by atoms with Crippen LogP contribution in [0.3, 0.4) is 0 Å². The third-order valence-electron chi connectivity index (χ3n) is 8.95. The van der Waals surface area contributed by atoms with E-state index in [0.29, 0.717) is 34.2 Å². The minimum Gasteiger partial charge on any atom is -0.384 e. The van der Waals surface area contributed by atoms with Gasteiger partial charge in [0.25, 0.3) is 5.89 Å². The zero-order valence-electron chi connectivity index (χ0n) is 22.7. The van der Waals surface area contributed by atoms with E-state index in [4.69, 9.17) is 35.7 Å². The fourth-order valence-corrected chi connectivity index (χ4v) is 7.04. The lowest BCUT2D eigenvalue weighted by Crippen LogP contribution is -2.50. The molecule has 2 atom stereocenters. The van der Waals surface area contributed by atoms with E-state index in [2.05, 4.69) is 26.6 Å². The first-order valence-electron chi connectivity index (χ1n) is 14.5. The molecule has 11 heteroatoms. The Labute approximate surface area is 237 Å². The molecule has 1 aromatic carbocycles. The van der Waals surface area contributed by atoms with Crippen LogP contribution in [0.4, 0.5) is 5.95 Å². The number of hydrogen-bond acceptors (Lipinski definition) is 8. The molecule has 3 aliphatic rings. The highest BCUT2D eigenvalue weighted by molar-refractivity contribution is 6.30. The second-order valence-corrected chi connectivity index (χ2v) is 12.1. The van der Waals surface area contributed by atoms with Crippen molar-refractivity contribution >= 4 is 28.7 Å². The summed E-state index contributed by atoms with van der Waals surface area (Å²) in [6.45, 7) is 5.74. The third kappa shape index (κ3) is 4.81. The van der Waals surface area contributed by atoms with E-state index in [1.165, 1.54) is 32.1 Å². The molecule has 0 radical (unpaired) electrons. The van der Waals surface area contributed by atoms with Crippen molar-refractivity contribution in [3.8, 4) is 23.0 Å². The summed E-state index contributed by atoms with van der Waals surface area (Å²) < 4.78 is 13.5. The predicted octanol–water partition coefficient (Wildman–Crippen LogP) is 5.32. The number of aromatic amines is 1. The Bertz CT molecular complexity index is 1570. The monoisotopic (exact) mass is 563 g/mol. The normalized spacial score (nSPS) is 25.3. The number of H-pyrrole nitrogens is 1. The molecule has 4 aromatic rings. The second-order valence-electron chi connectivity index (χ2n) is 11.7. The molecular weight excluding hydrogens is 530 g/mol. The van der Waals surface area contributed by atoms with Crippen LogP contribution >= 0.6 is 11.6 Å². The Kier molecular flexibility index (Phi) is 6.83. The second kappa shape index (κ2) is 10.6. The number of ether oxygens (including phenoxy) is 1. The van der Waals surface area contributed by atoms with Gasteiger partial charge in [-0.3, -0.25) is 0 Å². The number of fused-ring (bicyclic) bond motifs is 2. The molecule has 7 rings (SSSR count). The minimum atomic E-state index is -0.653. The Balaban J connectivity index is 1.44. The highest BCUT2D eigenvalue weighted by atomic mass is 35.5. The van der Waals surface area contributed by atoms with Crippen molar-refractivity contribution in [3.05, 3.63) is 39.8 Å². The van der Waals surface area contributed by atoms with Crippen molar-refractivity contribution < 1.29 is 9.15 Å². The van der Waals surface area contributed by atoms with Gasteiger partial charge in [0.05, 0.1) is 6.61 Å². The summed E-state index contributed by atoms with van der Waals surface area (Å²) in [6.07, 6.45) is 8.17. The van der Waals surface area contributed by atoms with Crippen LogP contribution in [0, 0.1) is 17.8 Å². The maximum absolute atomic E-state index is 11.8. The average molecular weight is 564 g/mol. The molecule has 5 heterocycles. The SMILES string of the molecule is CC1CCC(Cn2c(N3CCCC4COCCC43)nc3nc(-c4n[nH]c(=O)o4)nc(-c4cccc(Cl)c4)c32)CC1. The molecule has 1 aliphatic carbocycles. The third-order valence-corrected chi connectivity index (χ3v) is 9.19. The van der Waals surface area contributed by atoms with Gasteiger partial charge in [0.1, 0.15) is 11.2 Å². The van der Waals surface area contributed by atoms with Crippen LogP contribution in [0.25, 0.3) is 34.1 Å². The maximum Gasteiger partial charge on any atom is 0.434 e. The number of hydrogen-bond donors (Lipinski definition) is 1. The van der Waals surface area contributed by atoms with Crippen molar-refractivity contribution in [2.75, 3.05) is 24.7 Å². The fourth-order valence-electron chi connectivity index (χ4n) is 6.85. The Morgan fingerprint density at radius 2 is 1.98 bits per heavy atom. The van der Waals surface area contributed by atoms with Crippen LogP contribution < -0.4 is 10.7 Å². The number of nitrogens with one attached hydrogen (secondary N) is 1. The number of imidazole rings is 1. The molecule has 40 heavy (non-hydrogen) atoms. The van der Waals surface area contributed by atoms with Crippen LogP contribution in [0.5, 0.6) is 0 Å². The van der Waals surface area contributed by atoms with E-state index < -0.39 is 5.76 Å². The average Bonchev–Trinajstić information content (AvgIpc) is 3.57. The van der Waals surface area contributed by atoms with Crippen molar-refractivity contribution in [3.63, 3.8) is 0 Å². The molecule has 1 N–H and O–H groups in total. The van der Waals surface area contributed by atoms with Crippen molar-refractivity contribution in [2.45, 2.75) is 64.5 Å². The van der Waals surface area contributed by atoms with E-state index in [9.17, 15) is 4.79 Å². The van der Waals surface area contributed by atoms with Gasteiger partial charge in [-0.25, -0.2) is 19.9 Å². The minimum absolute atomic E-state index is 0.0370. The number of halogens is 1. The Morgan fingerprint density at radius 3 is 2.77 bits per heavy atom.